The summed E-state index contributed by atoms with van der Waals surface area (Å²) in [4.78, 5) is 11.8. The van der Waals surface area contributed by atoms with E-state index in [0.29, 0.717) is 5.69 Å². The van der Waals surface area contributed by atoms with Crippen molar-refractivity contribution >= 4 is 11.6 Å². The average Bonchev–Trinajstić information content (AvgIpc) is 2.89. The van der Waals surface area contributed by atoms with Gasteiger partial charge in [-0.25, -0.2) is 0 Å². The molecule has 100 valence electrons. The molecule has 19 heavy (non-hydrogen) atoms. The Morgan fingerprint density at radius 3 is 2.53 bits per heavy atom. The van der Waals surface area contributed by atoms with Crippen molar-refractivity contribution in [3.8, 4) is 0 Å². The predicted molar refractivity (Wildman–Crippen MR) is 67.4 cm³/mol. The van der Waals surface area contributed by atoms with Crippen LogP contribution in [0.25, 0.3) is 0 Å². The van der Waals surface area contributed by atoms with Crippen LogP contribution in [0.15, 0.2) is 40.8 Å². The lowest BCUT2D eigenvalue weighted by molar-refractivity contribution is -0.494. The lowest BCUT2D eigenvalue weighted by Gasteiger charge is -2.10. The Labute approximate surface area is 110 Å². The number of aliphatic hydroxyl groups is 1. The van der Waals surface area contributed by atoms with E-state index in [4.69, 9.17) is 9.52 Å². The van der Waals surface area contributed by atoms with Crippen LogP contribution in [0.3, 0.4) is 0 Å². The van der Waals surface area contributed by atoms with Gasteiger partial charge in [0.25, 0.3) is 5.91 Å². The third-order valence-corrected chi connectivity index (χ3v) is 2.71. The van der Waals surface area contributed by atoms with E-state index in [1.165, 1.54) is 17.7 Å². The molecule has 2 aromatic rings. The van der Waals surface area contributed by atoms with Gasteiger partial charge in [0.05, 0.1) is 0 Å². The molecule has 1 aromatic carbocycles. The minimum atomic E-state index is -1.97. The average molecular weight is 260 g/mol. The fraction of sp³-hybridized carbons (Fsp3) is 0.214. The molecule has 0 saturated carbocycles. The van der Waals surface area contributed by atoms with Crippen LogP contribution < -0.4 is 10.4 Å². The Kier molecular flexibility index (Phi) is 3.99. The molecule has 0 saturated heterocycles. The molecule has 1 aromatic heterocycles. The number of carbonyl (C=O) groups is 1. The van der Waals surface area contributed by atoms with Gasteiger partial charge in [-0.2, -0.15) is 0 Å². The molecule has 5 nitrogen and oxygen atoms in total. The highest BCUT2D eigenvalue weighted by atomic mass is 16.5. The van der Waals surface area contributed by atoms with Crippen molar-refractivity contribution < 1.29 is 19.4 Å². The second kappa shape index (κ2) is 5.69. The number of hydrogen-bond acceptors (Lipinski definition) is 4. The summed E-state index contributed by atoms with van der Waals surface area (Å²) in [5.41, 5.74) is 1.82. The summed E-state index contributed by atoms with van der Waals surface area (Å²) < 4.78 is 4.95. The highest BCUT2D eigenvalue weighted by molar-refractivity contribution is 6.02. The van der Waals surface area contributed by atoms with Gasteiger partial charge in [-0.3, -0.25) is 4.79 Å². The summed E-state index contributed by atoms with van der Waals surface area (Å²) >= 11 is 0. The van der Waals surface area contributed by atoms with Crippen molar-refractivity contribution in [2.75, 3.05) is 5.32 Å². The number of furan rings is 1. The fourth-order valence-electron chi connectivity index (χ4n) is 1.62. The van der Waals surface area contributed by atoms with Crippen LogP contribution in [0.2, 0.25) is 0 Å². The largest absolute Gasteiger partial charge is 0.825 e. The van der Waals surface area contributed by atoms with Gasteiger partial charge in [0.2, 0.25) is 0 Å². The molecule has 1 heterocycles. The van der Waals surface area contributed by atoms with E-state index in [9.17, 15) is 9.90 Å². The van der Waals surface area contributed by atoms with Crippen molar-refractivity contribution in [1.29, 1.82) is 0 Å². The van der Waals surface area contributed by atoms with Gasteiger partial charge in [-0.1, -0.05) is 19.1 Å². The first-order valence-electron chi connectivity index (χ1n) is 5.94. The van der Waals surface area contributed by atoms with Gasteiger partial charge < -0.3 is 19.9 Å². The summed E-state index contributed by atoms with van der Waals surface area (Å²) in [7, 11) is 0. The Hall–Kier alpha value is -2.11. The van der Waals surface area contributed by atoms with E-state index >= 15 is 0 Å². The maximum Gasteiger partial charge on any atom is 0.291 e. The Morgan fingerprint density at radius 1 is 1.32 bits per heavy atom. The van der Waals surface area contributed by atoms with E-state index in [-0.39, 0.29) is 11.5 Å². The molecule has 0 bridgehead atoms. The summed E-state index contributed by atoms with van der Waals surface area (Å²) in [6, 6.07) is 10.1. The van der Waals surface area contributed by atoms with Gasteiger partial charge >= 0.3 is 0 Å². The Morgan fingerprint density at radius 2 is 2.00 bits per heavy atom. The molecule has 1 unspecified atom stereocenters. The number of amides is 1. The molecular weight excluding hydrogens is 246 g/mol. The van der Waals surface area contributed by atoms with Crippen molar-refractivity contribution in [2.24, 2.45) is 0 Å². The van der Waals surface area contributed by atoms with Crippen LogP contribution in [0.1, 0.15) is 35.1 Å². The number of benzene rings is 1. The van der Waals surface area contributed by atoms with Gasteiger partial charge in [-0.05, 0) is 36.2 Å². The number of carbonyl (C=O) groups excluding carboxylic acids is 1. The highest BCUT2D eigenvalue weighted by Crippen LogP contribution is 2.15. The van der Waals surface area contributed by atoms with E-state index in [0.717, 1.165) is 6.42 Å². The normalized spacial score (nSPS) is 12.2. The quantitative estimate of drug-likeness (QED) is 0.815. The van der Waals surface area contributed by atoms with Crippen molar-refractivity contribution in [1.82, 2.24) is 0 Å². The second-order valence-electron chi connectivity index (χ2n) is 4.06. The topological polar surface area (TPSA) is 85.5 Å². The lowest BCUT2D eigenvalue weighted by atomic mass is 10.1. The molecule has 5 heteroatoms. The van der Waals surface area contributed by atoms with Gasteiger partial charge in [0.1, 0.15) is 5.76 Å². The highest BCUT2D eigenvalue weighted by Gasteiger charge is 2.11. The summed E-state index contributed by atoms with van der Waals surface area (Å²) in [5, 5.41) is 22.2. The predicted octanol–water partition coefficient (Wildman–Crippen LogP) is 1.45. The third kappa shape index (κ3) is 3.21. The molecule has 2 rings (SSSR count). The van der Waals surface area contributed by atoms with E-state index in [2.05, 4.69) is 5.32 Å². The molecule has 0 aliphatic rings. The van der Waals surface area contributed by atoms with Crippen molar-refractivity contribution in [2.45, 2.75) is 19.6 Å². The van der Waals surface area contributed by atoms with Crippen LogP contribution >= 0.6 is 0 Å². The molecule has 1 atom stereocenters. The molecular formula is C14H14NO4-. The van der Waals surface area contributed by atoms with Crippen LogP contribution in [0, 0.1) is 0 Å². The SMILES string of the molecule is CCc1ccc(NC(=O)c2ccc(C([O-])O)o2)cc1. The molecule has 0 aliphatic heterocycles. The smallest absolute Gasteiger partial charge is 0.291 e. The van der Waals surface area contributed by atoms with Crippen LogP contribution in [0.4, 0.5) is 5.69 Å². The third-order valence-electron chi connectivity index (χ3n) is 2.71. The van der Waals surface area contributed by atoms with Gasteiger partial charge in [-0.15, -0.1) is 0 Å². The zero-order valence-electron chi connectivity index (χ0n) is 10.4. The molecule has 0 spiro atoms. The Bertz CT molecular complexity index is 557. The first-order valence-corrected chi connectivity index (χ1v) is 5.94. The maximum atomic E-state index is 11.8. The van der Waals surface area contributed by atoms with Crippen molar-refractivity contribution in [3.63, 3.8) is 0 Å². The summed E-state index contributed by atoms with van der Waals surface area (Å²) in [6.45, 7) is 2.05. The second-order valence-corrected chi connectivity index (χ2v) is 4.06. The van der Waals surface area contributed by atoms with Crippen LogP contribution in [-0.2, 0) is 6.42 Å². The number of hydrogen-bond donors (Lipinski definition) is 2. The first kappa shape index (κ1) is 13.3. The van der Waals surface area contributed by atoms with Gasteiger partial charge in [0, 0.05) is 12.0 Å². The minimum absolute atomic E-state index is 0.00975. The molecule has 0 radical (unpaired) electrons. The molecule has 0 aliphatic carbocycles. The standard InChI is InChI=1S/C14H14NO4/c1-2-9-3-5-10(6-4-9)15-13(16)11-7-8-12(19-11)14(17)18/h3-8,14,17H,2H2,1H3,(H,15,16)/q-1. The fourth-order valence-corrected chi connectivity index (χ4v) is 1.62. The number of nitrogens with one attached hydrogen (secondary N) is 1. The van der Waals surface area contributed by atoms with Crippen LogP contribution in [0.5, 0.6) is 0 Å². The number of aryl methyl sites for hydroxylation is 1. The van der Waals surface area contributed by atoms with E-state index in [1.54, 1.807) is 12.1 Å². The Balaban J connectivity index is 2.06. The van der Waals surface area contributed by atoms with E-state index in [1.807, 2.05) is 19.1 Å². The number of rotatable bonds is 4. The van der Waals surface area contributed by atoms with Crippen LogP contribution in [-0.4, -0.2) is 11.0 Å². The summed E-state index contributed by atoms with van der Waals surface area (Å²) in [6.07, 6.45) is -1.04. The monoisotopic (exact) mass is 260 g/mol. The zero-order chi connectivity index (χ0) is 13.8. The molecule has 1 amide bonds. The number of aliphatic hydroxyl groups excluding tert-OH is 1. The minimum Gasteiger partial charge on any atom is -0.825 e. The zero-order valence-corrected chi connectivity index (χ0v) is 10.4. The van der Waals surface area contributed by atoms with Gasteiger partial charge in [0.15, 0.2) is 5.76 Å². The number of anilines is 1. The lowest BCUT2D eigenvalue weighted by Crippen LogP contribution is -2.13. The van der Waals surface area contributed by atoms with Crippen molar-refractivity contribution in [3.05, 3.63) is 53.5 Å². The molecule has 2 N–H and O–H groups in total. The maximum absolute atomic E-state index is 11.8. The van der Waals surface area contributed by atoms with E-state index < -0.39 is 12.2 Å². The summed E-state index contributed by atoms with van der Waals surface area (Å²) in [5.74, 6) is -0.646. The first-order chi connectivity index (χ1) is 9.10. The molecule has 0 fully saturated rings.